The molecule has 1 aliphatic carbocycles. The van der Waals surface area contributed by atoms with Gasteiger partial charge in [0.1, 0.15) is 0 Å². The van der Waals surface area contributed by atoms with Crippen LogP contribution in [0.15, 0.2) is 97.1 Å². The van der Waals surface area contributed by atoms with Crippen molar-refractivity contribution in [3.05, 3.63) is 114 Å². The van der Waals surface area contributed by atoms with Gasteiger partial charge < -0.3 is 4.40 Å². The smallest absolute Gasteiger partial charge is 0.235 e. The van der Waals surface area contributed by atoms with E-state index in [1.54, 1.807) is 0 Å². The van der Waals surface area contributed by atoms with Gasteiger partial charge in [0.05, 0.1) is 38.8 Å². The lowest BCUT2D eigenvalue weighted by Gasteiger charge is -2.20. The van der Waals surface area contributed by atoms with Gasteiger partial charge in [0.15, 0.2) is 0 Å². The number of para-hydroxylation sites is 3. The number of hydrogen-bond acceptors (Lipinski definition) is 2. The summed E-state index contributed by atoms with van der Waals surface area (Å²) in [6, 6.07) is 33.1. The van der Waals surface area contributed by atoms with E-state index in [2.05, 4.69) is 126 Å². The van der Waals surface area contributed by atoms with E-state index >= 15 is 0 Å². The zero-order chi connectivity index (χ0) is 27.7. The second-order valence-electron chi connectivity index (χ2n) is 11.9. The fraction of sp³-hybridized carbons (Fsp3) is 0.105. The summed E-state index contributed by atoms with van der Waals surface area (Å²) in [7, 11) is 0. The first kappa shape index (κ1) is 22.5. The molecule has 4 aromatic heterocycles. The molecular weight excluding hydrogens is 512 g/mol. The quantitative estimate of drug-likeness (QED) is 0.208. The lowest BCUT2D eigenvalue weighted by atomic mass is 9.86. The molecule has 1 atom stereocenters. The Morgan fingerprint density at radius 3 is 2.24 bits per heavy atom. The molecule has 4 nitrogen and oxygen atoms in total. The minimum Gasteiger partial charge on any atom is -0.308 e. The van der Waals surface area contributed by atoms with Gasteiger partial charge in [-0.25, -0.2) is 9.97 Å². The minimum absolute atomic E-state index is 0.392. The number of aromatic nitrogens is 4. The molecule has 4 heteroatoms. The monoisotopic (exact) mass is 538 g/mol. The highest BCUT2D eigenvalue weighted by Gasteiger charge is 2.28. The summed E-state index contributed by atoms with van der Waals surface area (Å²) in [4.78, 5) is 10.5. The van der Waals surface area contributed by atoms with Gasteiger partial charge in [-0.05, 0) is 54.7 Å². The molecular formula is C38H26N4. The van der Waals surface area contributed by atoms with Gasteiger partial charge in [0.2, 0.25) is 5.95 Å². The summed E-state index contributed by atoms with van der Waals surface area (Å²) in [6.45, 7) is 4.45. The van der Waals surface area contributed by atoms with Crippen LogP contribution in [0.5, 0.6) is 0 Å². The number of benzene rings is 5. The van der Waals surface area contributed by atoms with E-state index in [1.165, 1.54) is 71.0 Å². The van der Waals surface area contributed by atoms with Crippen LogP contribution in [0, 0.1) is 6.92 Å². The van der Waals surface area contributed by atoms with E-state index in [4.69, 9.17) is 9.97 Å². The zero-order valence-corrected chi connectivity index (χ0v) is 23.4. The van der Waals surface area contributed by atoms with Crippen molar-refractivity contribution in [2.75, 3.05) is 0 Å². The number of hydrogen-bond donors (Lipinski definition) is 0. The van der Waals surface area contributed by atoms with Crippen LogP contribution in [0.1, 0.15) is 36.1 Å². The molecule has 0 saturated heterocycles. The Labute approximate surface area is 241 Å². The Morgan fingerprint density at radius 2 is 1.38 bits per heavy atom. The first-order valence-corrected chi connectivity index (χ1v) is 14.8. The number of aryl methyl sites for hydroxylation is 1. The maximum Gasteiger partial charge on any atom is 0.235 e. The van der Waals surface area contributed by atoms with Gasteiger partial charge >= 0.3 is 0 Å². The highest BCUT2D eigenvalue weighted by molar-refractivity contribution is 6.34. The predicted molar refractivity (Wildman–Crippen MR) is 175 cm³/mol. The Balaban J connectivity index is 1.54. The molecule has 10 rings (SSSR count). The molecule has 0 radical (unpaired) electrons. The van der Waals surface area contributed by atoms with Crippen LogP contribution in [-0.2, 0) is 0 Å². The molecule has 0 N–H and O–H groups in total. The number of fused-ring (bicyclic) bond motifs is 13. The molecule has 0 fully saturated rings. The topological polar surface area (TPSA) is 35.1 Å². The van der Waals surface area contributed by atoms with Crippen molar-refractivity contribution in [1.29, 1.82) is 0 Å². The molecule has 1 unspecified atom stereocenters. The summed E-state index contributed by atoms with van der Waals surface area (Å²) in [5.41, 5.74) is 10.8. The number of rotatable bonds is 1. The number of nitrogens with zero attached hydrogens (tertiary/aromatic N) is 4. The van der Waals surface area contributed by atoms with Crippen LogP contribution in [-0.4, -0.2) is 18.9 Å². The van der Waals surface area contributed by atoms with Gasteiger partial charge in [-0.3, -0.25) is 4.57 Å². The Hall–Kier alpha value is -5.22. The number of allylic oxidation sites excluding steroid dienone is 1. The highest BCUT2D eigenvalue weighted by Crippen LogP contribution is 2.48. The first-order valence-electron chi connectivity index (χ1n) is 14.8. The summed E-state index contributed by atoms with van der Waals surface area (Å²) in [5, 5.41) is 8.73. The van der Waals surface area contributed by atoms with Crippen LogP contribution >= 0.6 is 0 Å². The van der Waals surface area contributed by atoms with Crippen molar-refractivity contribution in [3.63, 3.8) is 0 Å². The molecule has 0 aliphatic heterocycles. The van der Waals surface area contributed by atoms with Gasteiger partial charge in [0.25, 0.3) is 0 Å². The van der Waals surface area contributed by atoms with Crippen LogP contribution < -0.4 is 0 Å². The van der Waals surface area contributed by atoms with Gasteiger partial charge in [-0.1, -0.05) is 85.8 Å². The third kappa shape index (κ3) is 2.63. The molecule has 0 bridgehead atoms. The van der Waals surface area contributed by atoms with Gasteiger partial charge in [-0.2, -0.15) is 0 Å². The largest absolute Gasteiger partial charge is 0.308 e. The average Bonchev–Trinajstić information content (AvgIpc) is 3.65. The Bertz CT molecular complexity index is 2630. The van der Waals surface area contributed by atoms with Gasteiger partial charge in [0, 0.05) is 37.7 Å². The van der Waals surface area contributed by atoms with Crippen molar-refractivity contribution in [3.8, 4) is 5.95 Å². The van der Waals surface area contributed by atoms with E-state index in [9.17, 15) is 0 Å². The van der Waals surface area contributed by atoms with Crippen molar-refractivity contribution < 1.29 is 0 Å². The fourth-order valence-corrected chi connectivity index (χ4v) is 7.83. The second kappa shape index (κ2) is 7.74. The fourth-order valence-electron chi connectivity index (χ4n) is 7.83. The SMILES string of the molecule is Cc1nc(-n2c3c4c(ccc3c3cc5c6ccccc6n6c7ccccc7c(c32)c56)C=CCC4C)nc2ccccc12. The maximum absolute atomic E-state index is 5.25. The molecule has 0 spiro atoms. The summed E-state index contributed by atoms with van der Waals surface area (Å²) in [5.74, 6) is 1.13. The molecule has 42 heavy (non-hydrogen) atoms. The summed E-state index contributed by atoms with van der Waals surface area (Å²) in [6.07, 6.45) is 5.62. The molecule has 0 saturated carbocycles. The van der Waals surface area contributed by atoms with Crippen LogP contribution in [0.4, 0.5) is 0 Å². The summed E-state index contributed by atoms with van der Waals surface area (Å²) < 4.78 is 4.86. The molecule has 1 aliphatic rings. The van der Waals surface area contributed by atoms with Crippen molar-refractivity contribution in [2.45, 2.75) is 26.2 Å². The van der Waals surface area contributed by atoms with E-state index in [0.717, 1.165) is 29.0 Å². The molecule has 5 aromatic carbocycles. The third-order valence-corrected chi connectivity index (χ3v) is 9.60. The lowest BCUT2D eigenvalue weighted by Crippen LogP contribution is -2.08. The van der Waals surface area contributed by atoms with Crippen LogP contribution in [0.25, 0.3) is 82.8 Å². The Kier molecular flexibility index (Phi) is 4.14. The molecule has 9 aromatic rings. The summed E-state index contributed by atoms with van der Waals surface area (Å²) >= 11 is 0. The molecule has 0 amide bonds. The zero-order valence-electron chi connectivity index (χ0n) is 23.4. The molecule has 4 heterocycles. The van der Waals surface area contributed by atoms with Crippen LogP contribution in [0.2, 0.25) is 0 Å². The Morgan fingerprint density at radius 1 is 0.667 bits per heavy atom. The van der Waals surface area contributed by atoms with Crippen molar-refractivity contribution in [2.24, 2.45) is 0 Å². The standard InChI is InChI=1S/C38H26N4/c1-21-10-9-11-23-18-19-26-29-20-28-25-13-4-7-16-31(25)41-32-17-8-5-14-27(32)34(36(28)41)37(29)42(35(26)33(21)23)38-39-22(2)24-12-3-6-15-30(24)40-38/h3-9,11-21H,10H2,1-2H3. The minimum atomic E-state index is 0.392. The van der Waals surface area contributed by atoms with E-state index in [1.807, 2.05) is 0 Å². The van der Waals surface area contributed by atoms with Gasteiger partial charge in [-0.15, -0.1) is 0 Å². The van der Waals surface area contributed by atoms with Crippen LogP contribution in [0.3, 0.4) is 0 Å². The molecule has 198 valence electrons. The lowest BCUT2D eigenvalue weighted by molar-refractivity contribution is 0.774. The van der Waals surface area contributed by atoms with E-state index in [0.29, 0.717) is 5.92 Å². The van der Waals surface area contributed by atoms with E-state index < -0.39 is 0 Å². The maximum atomic E-state index is 5.25. The van der Waals surface area contributed by atoms with Crippen molar-refractivity contribution >= 4 is 76.9 Å². The normalized spacial score (nSPS) is 15.4. The average molecular weight is 539 g/mol. The van der Waals surface area contributed by atoms with Crippen molar-refractivity contribution in [1.82, 2.24) is 18.9 Å². The third-order valence-electron chi connectivity index (χ3n) is 9.60. The highest BCUT2D eigenvalue weighted by atomic mass is 15.2. The second-order valence-corrected chi connectivity index (χ2v) is 11.9. The van der Waals surface area contributed by atoms with E-state index in [-0.39, 0.29) is 0 Å². The first-order chi connectivity index (χ1) is 20.7. The predicted octanol–water partition coefficient (Wildman–Crippen LogP) is 9.71.